The van der Waals surface area contributed by atoms with E-state index in [0.29, 0.717) is 12.0 Å². The SMILES string of the molecule is Cc1ccc(Br)cc1NC(=O)CN=C(N)N(C)C1CC1. The van der Waals surface area contributed by atoms with Gasteiger partial charge in [0.15, 0.2) is 5.96 Å². The molecule has 3 N–H and O–H groups in total. The van der Waals surface area contributed by atoms with Gasteiger partial charge < -0.3 is 16.0 Å². The van der Waals surface area contributed by atoms with Gasteiger partial charge in [0, 0.05) is 23.2 Å². The minimum Gasteiger partial charge on any atom is -0.370 e. The smallest absolute Gasteiger partial charge is 0.246 e. The minimum atomic E-state index is -0.168. The molecule has 1 saturated carbocycles. The lowest BCUT2D eigenvalue weighted by atomic mass is 10.2. The van der Waals surface area contributed by atoms with Gasteiger partial charge >= 0.3 is 0 Å². The van der Waals surface area contributed by atoms with Crippen molar-refractivity contribution in [3.63, 3.8) is 0 Å². The molecule has 0 radical (unpaired) electrons. The molecule has 20 heavy (non-hydrogen) atoms. The lowest BCUT2D eigenvalue weighted by Gasteiger charge is -2.16. The Kier molecular flexibility index (Phi) is 4.65. The maximum atomic E-state index is 11.9. The predicted octanol–water partition coefficient (Wildman–Crippen LogP) is 2.10. The number of benzene rings is 1. The summed E-state index contributed by atoms with van der Waals surface area (Å²) in [5.41, 5.74) is 7.64. The van der Waals surface area contributed by atoms with Crippen LogP contribution in [-0.2, 0) is 4.79 Å². The van der Waals surface area contributed by atoms with Crippen molar-refractivity contribution in [2.24, 2.45) is 10.7 Å². The number of anilines is 1. The molecule has 0 saturated heterocycles. The van der Waals surface area contributed by atoms with Crippen molar-refractivity contribution < 1.29 is 4.79 Å². The third-order valence-corrected chi connectivity index (χ3v) is 3.81. The van der Waals surface area contributed by atoms with Gasteiger partial charge in [0.05, 0.1) is 0 Å². The molecule has 0 atom stereocenters. The number of aliphatic imine (C=N–C) groups is 1. The number of halogens is 1. The molecule has 1 aromatic rings. The van der Waals surface area contributed by atoms with Crippen LogP contribution >= 0.6 is 15.9 Å². The molecule has 0 aliphatic heterocycles. The van der Waals surface area contributed by atoms with E-state index >= 15 is 0 Å². The number of aryl methyl sites for hydroxylation is 1. The average Bonchev–Trinajstić information content (AvgIpc) is 3.23. The largest absolute Gasteiger partial charge is 0.370 e. The summed E-state index contributed by atoms with van der Waals surface area (Å²) < 4.78 is 0.926. The number of nitrogens with two attached hydrogens (primary N) is 1. The molecule has 0 heterocycles. The first kappa shape index (κ1) is 14.8. The number of nitrogens with one attached hydrogen (secondary N) is 1. The van der Waals surface area contributed by atoms with Crippen LogP contribution in [0.1, 0.15) is 18.4 Å². The van der Waals surface area contributed by atoms with Crippen LogP contribution in [0, 0.1) is 6.92 Å². The molecule has 2 rings (SSSR count). The predicted molar refractivity (Wildman–Crippen MR) is 84.8 cm³/mol. The van der Waals surface area contributed by atoms with Crippen molar-refractivity contribution in [2.45, 2.75) is 25.8 Å². The highest BCUT2D eigenvalue weighted by Crippen LogP contribution is 2.24. The number of amides is 1. The van der Waals surface area contributed by atoms with Gasteiger partial charge in [-0.15, -0.1) is 0 Å². The van der Waals surface area contributed by atoms with Crippen molar-refractivity contribution >= 4 is 33.5 Å². The van der Waals surface area contributed by atoms with Gasteiger partial charge in [0.1, 0.15) is 6.54 Å². The van der Waals surface area contributed by atoms with Crippen LogP contribution in [0.5, 0.6) is 0 Å². The molecule has 1 amide bonds. The van der Waals surface area contributed by atoms with Crippen molar-refractivity contribution in [3.8, 4) is 0 Å². The summed E-state index contributed by atoms with van der Waals surface area (Å²) in [5, 5.41) is 2.84. The molecule has 0 spiro atoms. The Morgan fingerprint density at radius 3 is 2.90 bits per heavy atom. The number of carbonyl (C=O) groups excluding carboxylic acids is 1. The molecule has 5 nitrogen and oxygen atoms in total. The quantitative estimate of drug-likeness (QED) is 0.652. The maximum Gasteiger partial charge on any atom is 0.246 e. The van der Waals surface area contributed by atoms with Gasteiger partial charge in [-0.2, -0.15) is 0 Å². The van der Waals surface area contributed by atoms with E-state index in [0.717, 1.165) is 28.6 Å². The Labute approximate surface area is 127 Å². The van der Waals surface area contributed by atoms with Crippen LogP contribution in [0.2, 0.25) is 0 Å². The fraction of sp³-hybridized carbons (Fsp3) is 0.429. The van der Waals surface area contributed by atoms with E-state index < -0.39 is 0 Å². The maximum absolute atomic E-state index is 11.9. The van der Waals surface area contributed by atoms with Gasteiger partial charge in [0.25, 0.3) is 0 Å². The van der Waals surface area contributed by atoms with Gasteiger partial charge in [0.2, 0.25) is 5.91 Å². The molecule has 0 unspecified atom stereocenters. The van der Waals surface area contributed by atoms with E-state index in [1.165, 1.54) is 0 Å². The molecule has 1 fully saturated rings. The number of rotatable bonds is 4. The van der Waals surface area contributed by atoms with Gasteiger partial charge in [-0.05, 0) is 37.5 Å². The Balaban J connectivity index is 1.91. The first-order valence-electron chi connectivity index (χ1n) is 6.56. The molecule has 1 aliphatic carbocycles. The van der Waals surface area contributed by atoms with Crippen LogP contribution in [0.25, 0.3) is 0 Å². The van der Waals surface area contributed by atoms with Crippen molar-refractivity contribution in [3.05, 3.63) is 28.2 Å². The summed E-state index contributed by atoms with van der Waals surface area (Å²) >= 11 is 3.38. The van der Waals surface area contributed by atoms with E-state index in [2.05, 4.69) is 26.2 Å². The fourth-order valence-corrected chi connectivity index (χ4v) is 2.19. The third kappa shape index (κ3) is 3.96. The van der Waals surface area contributed by atoms with Crippen molar-refractivity contribution in [1.82, 2.24) is 4.90 Å². The highest BCUT2D eigenvalue weighted by molar-refractivity contribution is 9.10. The van der Waals surface area contributed by atoms with Gasteiger partial charge in [-0.1, -0.05) is 22.0 Å². The number of hydrogen-bond donors (Lipinski definition) is 2. The van der Waals surface area contributed by atoms with Crippen LogP contribution < -0.4 is 11.1 Å². The number of hydrogen-bond acceptors (Lipinski definition) is 2. The Hall–Kier alpha value is -1.56. The first-order chi connectivity index (χ1) is 9.47. The zero-order valence-electron chi connectivity index (χ0n) is 11.7. The van der Waals surface area contributed by atoms with Gasteiger partial charge in [-0.3, -0.25) is 4.79 Å². The molecule has 1 aliphatic rings. The van der Waals surface area contributed by atoms with Crippen LogP contribution in [-0.4, -0.2) is 36.4 Å². The van der Waals surface area contributed by atoms with Gasteiger partial charge in [-0.25, -0.2) is 4.99 Å². The normalized spacial score (nSPS) is 15.1. The lowest BCUT2D eigenvalue weighted by Crippen LogP contribution is -2.36. The first-order valence-corrected chi connectivity index (χ1v) is 7.35. The summed E-state index contributed by atoms with van der Waals surface area (Å²) in [6.45, 7) is 1.98. The van der Waals surface area contributed by atoms with Crippen molar-refractivity contribution in [2.75, 3.05) is 18.9 Å². The van der Waals surface area contributed by atoms with Crippen LogP contribution in [0.15, 0.2) is 27.7 Å². The highest BCUT2D eigenvalue weighted by Gasteiger charge is 2.27. The molecular formula is C14H19BrN4O. The van der Waals surface area contributed by atoms with E-state index in [4.69, 9.17) is 5.73 Å². The zero-order chi connectivity index (χ0) is 14.7. The Morgan fingerprint density at radius 1 is 1.55 bits per heavy atom. The second kappa shape index (κ2) is 6.26. The number of carbonyl (C=O) groups is 1. The van der Waals surface area contributed by atoms with Crippen LogP contribution in [0.4, 0.5) is 5.69 Å². The van der Waals surface area contributed by atoms with E-state index in [1.807, 2.05) is 37.1 Å². The molecule has 1 aromatic carbocycles. The topological polar surface area (TPSA) is 70.7 Å². The molecular weight excluding hydrogens is 320 g/mol. The average molecular weight is 339 g/mol. The highest BCUT2D eigenvalue weighted by atomic mass is 79.9. The number of guanidine groups is 1. The second-order valence-electron chi connectivity index (χ2n) is 5.02. The summed E-state index contributed by atoms with van der Waals surface area (Å²) in [6.07, 6.45) is 2.30. The third-order valence-electron chi connectivity index (χ3n) is 3.31. The molecule has 6 heteroatoms. The van der Waals surface area contributed by atoms with Crippen LogP contribution in [0.3, 0.4) is 0 Å². The second-order valence-corrected chi connectivity index (χ2v) is 5.94. The monoisotopic (exact) mass is 338 g/mol. The molecule has 0 aromatic heterocycles. The minimum absolute atomic E-state index is 0.0366. The Morgan fingerprint density at radius 2 is 2.25 bits per heavy atom. The van der Waals surface area contributed by atoms with E-state index in [1.54, 1.807) is 0 Å². The van der Waals surface area contributed by atoms with E-state index in [9.17, 15) is 4.79 Å². The van der Waals surface area contributed by atoms with E-state index in [-0.39, 0.29) is 12.5 Å². The summed E-state index contributed by atoms with van der Waals surface area (Å²) in [5.74, 6) is 0.256. The summed E-state index contributed by atoms with van der Waals surface area (Å²) in [4.78, 5) is 17.9. The van der Waals surface area contributed by atoms with Crippen molar-refractivity contribution in [1.29, 1.82) is 0 Å². The number of nitrogens with zero attached hydrogens (tertiary/aromatic N) is 2. The molecule has 0 bridgehead atoms. The standard InChI is InChI=1S/C14H19BrN4O/c1-9-3-4-10(15)7-12(9)18-13(20)8-17-14(16)19(2)11-5-6-11/h3-4,7,11H,5-6,8H2,1-2H3,(H2,16,17)(H,18,20). The molecule has 108 valence electrons. The zero-order valence-corrected chi connectivity index (χ0v) is 13.3. The summed E-state index contributed by atoms with van der Waals surface area (Å²) in [7, 11) is 1.91. The lowest BCUT2D eigenvalue weighted by molar-refractivity contribution is -0.114. The Bertz CT molecular complexity index is 540. The fourth-order valence-electron chi connectivity index (χ4n) is 1.83. The summed E-state index contributed by atoms with van der Waals surface area (Å²) in [6, 6.07) is 6.25.